The van der Waals surface area contributed by atoms with Gasteiger partial charge < -0.3 is 5.11 Å². The molecular formula is C25H20F4N4O. The second kappa shape index (κ2) is 8.58. The third kappa shape index (κ3) is 3.72. The summed E-state index contributed by atoms with van der Waals surface area (Å²) in [6.07, 6.45) is -3.16. The first-order valence-corrected chi connectivity index (χ1v) is 10.6. The van der Waals surface area contributed by atoms with Gasteiger partial charge in [0, 0.05) is 19.0 Å². The minimum atomic E-state index is -3.46. The highest BCUT2D eigenvalue weighted by Gasteiger charge is 2.49. The number of aryl methyl sites for hydroxylation is 1. The van der Waals surface area contributed by atoms with Gasteiger partial charge in [0.1, 0.15) is 24.2 Å². The van der Waals surface area contributed by atoms with Crippen molar-refractivity contribution >= 4 is 0 Å². The quantitative estimate of drug-likeness (QED) is 0.521. The first-order valence-electron chi connectivity index (χ1n) is 10.6. The van der Waals surface area contributed by atoms with Gasteiger partial charge in [0.15, 0.2) is 0 Å². The molecule has 0 saturated heterocycles. The van der Waals surface area contributed by atoms with Crippen LogP contribution in [0.4, 0.5) is 17.6 Å². The molecule has 1 aromatic heterocycles. The molecule has 174 valence electrons. The molecule has 2 unspecified atom stereocenters. The number of benzene rings is 2. The number of hydrogen-bond donors (Lipinski definition) is 1. The van der Waals surface area contributed by atoms with Crippen LogP contribution in [-0.4, -0.2) is 20.8 Å². The van der Waals surface area contributed by atoms with E-state index < -0.39 is 30.4 Å². The summed E-state index contributed by atoms with van der Waals surface area (Å²) < 4.78 is 59.5. The average molecular weight is 468 g/mol. The van der Waals surface area contributed by atoms with Gasteiger partial charge in [-0.2, -0.15) is 15.6 Å². The Kier molecular flexibility index (Phi) is 5.93. The zero-order valence-corrected chi connectivity index (χ0v) is 18.4. The number of hydrogen-bond acceptors (Lipinski definition) is 4. The average Bonchev–Trinajstić information content (AvgIpc) is 3.30. The van der Waals surface area contributed by atoms with Crippen LogP contribution in [0, 0.1) is 28.5 Å². The summed E-state index contributed by atoms with van der Waals surface area (Å²) in [7, 11) is 1.56. The lowest BCUT2D eigenvalue weighted by molar-refractivity contribution is -0.0966. The Morgan fingerprint density at radius 3 is 2.59 bits per heavy atom. The standard InChI is InChI=1S/C25H20F4N4O/c1-3-21(27)19-8-16(26)6-14(10-30)18(19)7-13-4-5-17(23-15(11-31)12-32-33(23)2)22-20(13)9-25(28,29)24(22)34/h4-6,8,12,21,24,34H,3,7,9H2,1-2H3. The van der Waals surface area contributed by atoms with E-state index in [4.69, 9.17) is 0 Å². The molecule has 1 N–H and O–H groups in total. The van der Waals surface area contributed by atoms with Crippen LogP contribution in [0.3, 0.4) is 0 Å². The Hall–Kier alpha value is -3.69. The van der Waals surface area contributed by atoms with E-state index in [0.717, 1.165) is 12.1 Å². The zero-order chi connectivity index (χ0) is 24.8. The second-order valence-electron chi connectivity index (χ2n) is 8.33. The Morgan fingerprint density at radius 2 is 1.94 bits per heavy atom. The van der Waals surface area contributed by atoms with E-state index in [2.05, 4.69) is 5.10 Å². The SMILES string of the molecule is CCC(F)c1cc(F)cc(C#N)c1Cc1ccc(-c2c(C#N)cnn2C)c2c1CC(F)(F)C2O. The highest BCUT2D eigenvalue weighted by atomic mass is 19.3. The summed E-state index contributed by atoms with van der Waals surface area (Å²) in [5.74, 6) is -4.22. The van der Waals surface area contributed by atoms with Crippen molar-refractivity contribution < 1.29 is 22.7 Å². The lowest BCUT2D eigenvalue weighted by Gasteiger charge is -2.19. The van der Waals surface area contributed by atoms with E-state index in [1.807, 2.05) is 12.1 Å². The second-order valence-corrected chi connectivity index (χ2v) is 8.33. The largest absolute Gasteiger partial charge is 0.382 e. The van der Waals surface area contributed by atoms with Crippen molar-refractivity contribution in [3.05, 3.63) is 75.2 Å². The van der Waals surface area contributed by atoms with Crippen molar-refractivity contribution in [1.29, 1.82) is 10.5 Å². The molecular weight excluding hydrogens is 448 g/mol. The molecule has 5 nitrogen and oxygen atoms in total. The fourth-order valence-corrected chi connectivity index (χ4v) is 4.63. The molecule has 2 atom stereocenters. The molecule has 2 aromatic carbocycles. The van der Waals surface area contributed by atoms with Gasteiger partial charge in [0.25, 0.3) is 5.92 Å². The van der Waals surface area contributed by atoms with Gasteiger partial charge in [0.2, 0.25) is 0 Å². The maximum absolute atomic E-state index is 14.7. The molecule has 0 spiro atoms. The van der Waals surface area contributed by atoms with Crippen LogP contribution in [0.15, 0.2) is 30.5 Å². The summed E-state index contributed by atoms with van der Waals surface area (Å²) >= 11 is 0. The molecule has 3 aromatic rings. The van der Waals surface area contributed by atoms with Gasteiger partial charge in [-0.1, -0.05) is 19.1 Å². The van der Waals surface area contributed by atoms with Crippen molar-refractivity contribution in [2.24, 2.45) is 7.05 Å². The summed E-state index contributed by atoms with van der Waals surface area (Å²) in [6, 6.07) is 8.94. The number of aliphatic hydroxyl groups excluding tert-OH is 1. The van der Waals surface area contributed by atoms with E-state index in [9.17, 15) is 33.2 Å². The zero-order valence-electron chi connectivity index (χ0n) is 18.4. The van der Waals surface area contributed by atoms with E-state index in [0.29, 0.717) is 5.56 Å². The van der Waals surface area contributed by atoms with Gasteiger partial charge in [0.05, 0.1) is 29.1 Å². The fourth-order valence-electron chi connectivity index (χ4n) is 4.63. The van der Waals surface area contributed by atoms with Gasteiger partial charge >= 0.3 is 0 Å². The highest BCUT2D eigenvalue weighted by molar-refractivity contribution is 5.74. The monoisotopic (exact) mass is 468 g/mol. The molecule has 1 aliphatic rings. The summed E-state index contributed by atoms with van der Waals surface area (Å²) in [6.45, 7) is 1.58. The Balaban J connectivity index is 1.94. The van der Waals surface area contributed by atoms with Gasteiger partial charge in [-0.25, -0.2) is 17.6 Å². The highest BCUT2D eigenvalue weighted by Crippen LogP contribution is 2.49. The van der Waals surface area contributed by atoms with Crippen molar-refractivity contribution in [2.75, 3.05) is 0 Å². The smallest absolute Gasteiger partial charge is 0.281 e. The molecule has 1 heterocycles. The normalized spacial score (nSPS) is 17.1. The van der Waals surface area contributed by atoms with E-state index in [1.54, 1.807) is 20.0 Å². The fraction of sp³-hybridized carbons (Fsp3) is 0.320. The minimum Gasteiger partial charge on any atom is -0.382 e. The lowest BCUT2D eigenvalue weighted by Crippen LogP contribution is -2.21. The summed E-state index contributed by atoms with van der Waals surface area (Å²) in [5.41, 5.74) is 1.33. The summed E-state index contributed by atoms with van der Waals surface area (Å²) in [4.78, 5) is 0. The number of fused-ring (bicyclic) bond motifs is 1. The first kappa shape index (κ1) is 23.5. The maximum Gasteiger partial charge on any atom is 0.281 e. The summed E-state index contributed by atoms with van der Waals surface area (Å²) in [5, 5.41) is 33.5. The molecule has 0 fully saturated rings. The first-order chi connectivity index (χ1) is 16.1. The molecule has 0 saturated carbocycles. The number of nitriles is 2. The van der Waals surface area contributed by atoms with Crippen molar-refractivity contribution in [1.82, 2.24) is 9.78 Å². The molecule has 0 aliphatic heterocycles. The molecule has 0 bridgehead atoms. The van der Waals surface area contributed by atoms with Crippen LogP contribution in [0.25, 0.3) is 11.3 Å². The predicted octanol–water partition coefficient (Wildman–Crippen LogP) is 5.21. The van der Waals surface area contributed by atoms with E-state index in [-0.39, 0.29) is 57.5 Å². The van der Waals surface area contributed by atoms with Gasteiger partial charge in [-0.15, -0.1) is 0 Å². The predicted molar refractivity (Wildman–Crippen MR) is 115 cm³/mol. The van der Waals surface area contributed by atoms with Crippen LogP contribution < -0.4 is 0 Å². The minimum absolute atomic E-state index is 0.000540. The molecule has 34 heavy (non-hydrogen) atoms. The molecule has 4 rings (SSSR count). The van der Waals surface area contributed by atoms with Crippen LogP contribution >= 0.6 is 0 Å². The number of alkyl halides is 3. The van der Waals surface area contributed by atoms with Crippen LogP contribution in [0.1, 0.15) is 64.6 Å². The van der Waals surface area contributed by atoms with Crippen LogP contribution in [0.2, 0.25) is 0 Å². The lowest BCUT2D eigenvalue weighted by atomic mass is 9.87. The van der Waals surface area contributed by atoms with E-state index >= 15 is 0 Å². The van der Waals surface area contributed by atoms with Crippen molar-refractivity contribution in [3.8, 4) is 23.4 Å². The van der Waals surface area contributed by atoms with Crippen LogP contribution in [0.5, 0.6) is 0 Å². The van der Waals surface area contributed by atoms with Gasteiger partial charge in [-0.3, -0.25) is 4.68 Å². The molecule has 9 heteroatoms. The number of aromatic nitrogens is 2. The Bertz CT molecular complexity index is 1370. The molecule has 1 aliphatic carbocycles. The third-order valence-corrected chi connectivity index (χ3v) is 6.29. The topological polar surface area (TPSA) is 85.6 Å². The Morgan fingerprint density at radius 1 is 1.24 bits per heavy atom. The van der Waals surface area contributed by atoms with Crippen molar-refractivity contribution in [3.63, 3.8) is 0 Å². The van der Waals surface area contributed by atoms with E-state index in [1.165, 1.54) is 16.9 Å². The Labute approximate surface area is 193 Å². The van der Waals surface area contributed by atoms with Crippen LogP contribution in [-0.2, 0) is 19.9 Å². The number of halogens is 4. The maximum atomic E-state index is 14.7. The number of nitrogens with zero attached hydrogens (tertiary/aromatic N) is 4. The third-order valence-electron chi connectivity index (χ3n) is 6.29. The molecule has 0 amide bonds. The van der Waals surface area contributed by atoms with Gasteiger partial charge in [-0.05, 0) is 52.8 Å². The number of rotatable bonds is 5. The molecule has 0 radical (unpaired) electrons. The number of aliphatic hydroxyl groups is 1. The van der Waals surface area contributed by atoms with Crippen molar-refractivity contribution in [2.45, 2.75) is 44.4 Å².